The summed E-state index contributed by atoms with van der Waals surface area (Å²) in [5.74, 6) is 0.793. The number of sulfone groups is 1. The van der Waals surface area contributed by atoms with Crippen molar-refractivity contribution in [2.24, 2.45) is 0 Å². The predicted molar refractivity (Wildman–Crippen MR) is 76.5 cm³/mol. The first-order chi connectivity index (χ1) is 8.85. The summed E-state index contributed by atoms with van der Waals surface area (Å²) in [5, 5.41) is 10.1. The molecule has 0 aliphatic heterocycles. The Kier molecular flexibility index (Phi) is 6.10. The topological polar surface area (TPSA) is 63.6 Å². The number of aliphatic hydroxyl groups is 1. The van der Waals surface area contributed by atoms with Gasteiger partial charge in [-0.05, 0) is 31.5 Å². The van der Waals surface area contributed by atoms with E-state index in [4.69, 9.17) is 16.3 Å². The summed E-state index contributed by atoms with van der Waals surface area (Å²) in [7, 11) is -2.96. The van der Waals surface area contributed by atoms with Gasteiger partial charge in [0.2, 0.25) is 0 Å². The van der Waals surface area contributed by atoms with Crippen molar-refractivity contribution in [2.75, 3.05) is 18.1 Å². The van der Waals surface area contributed by atoms with Gasteiger partial charge < -0.3 is 9.84 Å². The number of halogens is 1. The van der Waals surface area contributed by atoms with Gasteiger partial charge in [-0.15, -0.1) is 0 Å². The number of rotatable bonds is 7. The first-order valence-electron chi connectivity index (χ1n) is 6.16. The molecule has 0 radical (unpaired) electrons. The molecule has 1 aromatic rings. The molecule has 0 heterocycles. The Bertz CT molecular complexity index is 511. The molecule has 0 spiro atoms. The van der Waals surface area contributed by atoms with Crippen molar-refractivity contribution < 1.29 is 18.3 Å². The van der Waals surface area contributed by atoms with Crippen molar-refractivity contribution >= 4 is 21.4 Å². The van der Waals surface area contributed by atoms with E-state index in [1.165, 1.54) is 0 Å². The van der Waals surface area contributed by atoms with E-state index in [2.05, 4.69) is 0 Å². The zero-order chi connectivity index (χ0) is 14.5. The maximum Gasteiger partial charge on any atom is 0.150 e. The van der Waals surface area contributed by atoms with Crippen LogP contribution in [-0.4, -0.2) is 31.6 Å². The molecule has 108 valence electrons. The van der Waals surface area contributed by atoms with Crippen LogP contribution < -0.4 is 4.74 Å². The van der Waals surface area contributed by atoms with E-state index in [0.717, 1.165) is 0 Å². The fourth-order valence-corrected chi connectivity index (χ4v) is 2.61. The Labute approximate surface area is 119 Å². The number of benzene rings is 1. The van der Waals surface area contributed by atoms with Gasteiger partial charge in [-0.1, -0.05) is 18.5 Å². The molecule has 0 unspecified atom stereocenters. The summed E-state index contributed by atoms with van der Waals surface area (Å²) in [6.45, 7) is 3.54. The number of hydrogen-bond donors (Lipinski definition) is 1. The second kappa shape index (κ2) is 7.12. The van der Waals surface area contributed by atoms with Gasteiger partial charge in [-0.25, -0.2) is 8.42 Å². The summed E-state index contributed by atoms with van der Waals surface area (Å²) in [6, 6.07) is 4.99. The lowest BCUT2D eigenvalue weighted by Gasteiger charge is -2.13. The van der Waals surface area contributed by atoms with Crippen molar-refractivity contribution in [1.29, 1.82) is 0 Å². The molecule has 6 heteroatoms. The Hall–Kier alpha value is -0.780. The highest BCUT2D eigenvalue weighted by atomic mass is 35.5. The highest BCUT2D eigenvalue weighted by Crippen LogP contribution is 2.28. The van der Waals surface area contributed by atoms with Gasteiger partial charge >= 0.3 is 0 Å². The van der Waals surface area contributed by atoms with Gasteiger partial charge in [0.1, 0.15) is 15.6 Å². The third-order valence-electron chi connectivity index (χ3n) is 2.72. The SMILES string of the molecule is CCS(=O)(=O)CCCOc1ccc(Cl)cc1[C@H](C)O. The molecule has 0 aliphatic carbocycles. The molecule has 19 heavy (non-hydrogen) atoms. The number of aliphatic hydroxyl groups excluding tert-OH is 1. The zero-order valence-corrected chi connectivity index (χ0v) is 12.7. The first-order valence-corrected chi connectivity index (χ1v) is 8.36. The first kappa shape index (κ1) is 16.3. The Morgan fingerprint density at radius 1 is 1.42 bits per heavy atom. The minimum Gasteiger partial charge on any atom is -0.493 e. The zero-order valence-electron chi connectivity index (χ0n) is 11.1. The van der Waals surface area contributed by atoms with Crippen molar-refractivity contribution in [3.8, 4) is 5.75 Å². The van der Waals surface area contributed by atoms with Crippen molar-refractivity contribution in [3.05, 3.63) is 28.8 Å². The van der Waals surface area contributed by atoms with Crippen LogP contribution in [-0.2, 0) is 9.84 Å². The maximum absolute atomic E-state index is 11.3. The van der Waals surface area contributed by atoms with E-state index in [9.17, 15) is 13.5 Å². The van der Waals surface area contributed by atoms with Crippen molar-refractivity contribution in [2.45, 2.75) is 26.4 Å². The third kappa shape index (κ3) is 5.38. The molecule has 0 bridgehead atoms. The third-order valence-corrected chi connectivity index (χ3v) is 4.74. The van der Waals surface area contributed by atoms with Crippen LogP contribution in [0.3, 0.4) is 0 Å². The van der Waals surface area contributed by atoms with Crippen LogP contribution in [0, 0.1) is 0 Å². The lowest BCUT2D eigenvalue weighted by atomic mass is 10.1. The Morgan fingerprint density at radius 2 is 2.11 bits per heavy atom. The molecule has 0 aliphatic rings. The molecule has 0 fully saturated rings. The van der Waals surface area contributed by atoms with Gasteiger partial charge in [-0.2, -0.15) is 0 Å². The van der Waals surface area contributed by atoms with Crippen LogP contribution in [0.5, 0.6) is 5.75 Å². The molecule has 0 aromatic heterocycles. The highest BCUT2D eigenvalue weighted by molar-refractivity contribution is 7.91. The smallest absolute Gasteiger partial charge is 0.150 e. The molecule has 0 saturated heterocycles. The standard InChI is InChI=1S/C13H19ClO4S/c1-3-19(16,17)8-4-7-18-13-6-5-11(14)9-12(13)10(2)15/h5-6,9-10,15H,3-4,7-8H2,1-2H3/t10-/m0/s1. The monoisotopic (exact) mass is 306 g/mol. The van der Waals surface area contributed by atoms with Crippen LogP contribution in [0.25, 0.3) is 0 Å². The molecule has 1 N–H and O–H groups in total. The minimum absolute atomic E-state index is 0.112. The fourth-order valence-electron chi connectivity index (χ4n) is 1.58. The molecular weight excluding hydrogens is 288 g/mol. The van der Waals surface area contributed by atoms with Crippen LogP contribution in [0.15, 0.2) is 18.2 Å². The summed E-state index contributed by atoms with van der Waals surface area (Å²) < 4.78 is 28.1. The number of hydrogen-bond acceptors (Lipinski definition) is 4. The van der Waals surface area contributed by atoms with E-state index in [1.54, 1.807) is 32.0 Å². The molecule has 0 amide bonds. The van der Waals surface area contributed by atoms with Crippen LogP contribution in [0.2, 0.25) is 5.02 Å². The summed E-state index contributed by atoms with van der Waals surface area (Å²) in [5.41, 5.74) is 0.603. The molecular formula is C13H19ClO4S. The molecule has 1 rings (SSSR count). The normalized spacial score (nSPS) is 13.3. The molecule has 4 nitrogen and oxygen atoms in total. The van der Waals surface area contributed by atoms with E-state index in [-0.39, 0.29) is 11.5 Å². The van der Waals surface area contributed by atoms with Gasteiger partial charge in [0.25, 0.3) is 0 Å². The van der Waals surface area contributed by atoms with E-state index < -0.39 is 15.9 Å². The van der Waals surface area contributed by atoms with Crippen molar-refractivity contribution in [1.82, 2.24) is 0 Å². The van der Waals surface area contributed by atoms with Gasteiger partial charge in [0, 0.05) is 16.3 Å². The summed E-state index contributed by atoms with van der Waals surface area (Å²) >= 11 is 5.85. The van der Waals surface area contributed by atoms with Gasteiger partial charge in [0.15, 0.2) is 0 Å². The van der Waals surface area contributed by atoms with Crippen LogP contribution in [0.4, 0.5) is 0 Å². The Balaban J connectivity index is 2.59. The van der Waals surface area contributed by atoms with Crippen LogP contribution in [0.1, 0.15) is 31.9 Å². The van der Waals surface area contributed by atoms with Gasteiger partial charge in [-0.3, -0.25) is 0 Å². The maximum atomic E-state index is 11.3. The molecule has 1 aromatic carbocycles. The summed E-state index contributed by atoms with van der Waals surface area (Å²) in [6.07, 6.45) is -0.258. The lowest BCUT2D eigenvalue weighted by Crippen LogP contribution is -2.12. The van der Waals surface area contributed by atoms with E-state index >= 15 is 0 Å². The quantitative estimate of drug-likeness (QED) is 0.787. The Morgan fingerprint density at radius 3 is 2.68 bits per heavy atom. The average molecular weight is 307 g/mol. The van der Waals surface area contributed by atoms with E-state index in [0.29, 0.717) is 29.4 Å². The second-order valence-corrected chi connectivity index (χ2v) is 7.21. The minimum atomic E-state index is -2.96. The van der Waals surface area contributed by atoms with Gasteiger partial charge in [0.05, 0.1) is 18.5 Å². The fraction of sp³-hybridized carbons (Fsp3) is 0.538. The average Bonchev–Trinajstić information content (AvgIpc) is 2.36. The molecule has 1 atom stereocenters. The summed E-state index contributed by atoms with van der Waals surface area (Å²) in [4.78, 5) is 0. The number of ether oxygens (including phenoxy) is 1. The van der Waals surface area contributed by atoms with Crippen LogP contribution >= 0.6 is 11.6 Å². The predicted octanol–water partition coefficient (Wildman–Crippen LogP) is 2.60. The lowest BCUT2D eigenvalue weighted by molar-refractivity contribution is 0.191. The second-order valence-electron chi connectivity index (χ2n) is 4.30. The van der Waals surface area contributed by atoms with E-state index in [1.807, 2.05) is 0 Å². The van der Waals surface area contributed by atoms with Crippen molar-refractivity contribution in [3.63, 3.8) is 0 Å². The largest absolute Gasteiger partial charge is 0.493 e. The molecule has 0 saturated carbocycles. The highest BCUT2D eigenvalue weighted by Gasteiger charge is 2.11.